The third-order valence-corrected chi connectivity index (χ3v) is 5.45. The minimum absolute atomic E-state index is 0.0640. The van der Waals surface area contributed by atoms with Gasteiger partial charge in [-0.15, -0.1) is 0 Å². The van der Waals surface area contributed by atoms with E-state index in [-0.39, 0.29) is 30.6 Å². The van der Waals surface area contributed by atoms with Crippen LogP contribution in [0.5, 0.6) is 0 Å². The molecule has 29 heavy (non-hydrogen) atoms. The first-order valence-corrected chi connectivity index (χ1v) is 10.4. The first-order valence-electron chi connectivity index (χ1n) is 10.4. The first-order chi connectivity index (χ1) is 13.8. The van der Waals surface area contributed by atoms with Gasteiger partial charge in [-0.3, -0.25) is 4.79 Å². The molecule has 160 valence electrons. The fourth-order valence-electron chi connectivity index (χ4n) is 3.50. The summed E-state index contributed by atoms with van der Waals surface area (Å²) in [5.41, 5.74) is 1.23. The molecule has 1 fully saturated rings. The monoisotopic (exact) mass is 403 g/mol. The van der Waals surface area contributed by atoms with E-state index in [1.807, 2.05) is 13.8 Å². The lowest BCUT2D eigenvalue weighted by Gasteiger charge is -2.34. The number of rotatable bonds is 7. The van der Waals surface area contributed by atoms with E-state index in [1.54, 1.807) is 24.3 Å². The van der Waals surface area contributed by atoms with E-state index >= 15 is 0 Å². The lowest BCUT2D eigenvalue weighted by atomic mass is 9.78. The van der Waals surface area contributed by atoms with Gasteiger partial charge in [-0.05, 0) is 49.8 Å². The lowest BCUT2D eigenvalue weighted by molar-refractivity contribution is -0.125. The van der Waals surface area contributed by atoms with Crippen LogP contribution in [0.4, 0.5) is 4.79 Å². The SMILES string of the molecule is CC(C)NC(=O)NCc1ccc(C(=O)OCC(=O)N[C@@H]2CCC[C@@H](C)[C@H]2C)cc1. The summed E-state index contributed by atoms with van der Waals surface area (Å²) in [6.07, 6.45) is 3.27. The molecule has 0 unspecified atom stereocenters. The molecular formula is C22H33N3O4. The van der Waals surface area contributed by atoms with Crippen molar-refractivity contribution in [3.8, 4) is 0 Å². The van der Waals surface area contributed by atoms with Crippen LogP contribution in [0.2, 0.25) is 0 Å². The normalized spacial score (nSPS) is 21.3. The highest BCUT2D eigenvalue weighted by Crippen LogP contribution is 2.29. The van der Waals surface area contributed by atoms with E-state index < -0.39 is 5.97 Å². The Morgan fingerprint density at radius 3 is 2.45 bits per heavy atom. The summed E-state index contributed by atoms with van der Waals surface area (Å²) >= 11 is 0. The first kappa shape index (κ1) is 22.7. The fourth-order valence-corrected chi connectivity index (χ4v) is 3.50. The predicted molar refractivity (Wildman–Crippen MR) is 111 cm³/mol. The molecule has 0 bridgehead atoms. The van der Waals surface area contributed by atoms with E-state index in [2.05, 4.69) is 29.8 Å². The second-order valence-electron chi connectivity index (χ2n) is 8.20. The third-order valence-electron chi connectivity index (χ3n) is 5.45. The van der Waals surface area contributed by atoms with Crippen molar-refractivity contribution in [2.45, 2.75) is 65.6 Å². The molecule has 3 atom stereocenters. The number of esters is 1. The van der Waals surface area contributed by atoms with Gasteiger partial charge in [-0.2, -0.15) is 0 Å². The van der Waals surface area contributed by atoms with Crippen molar-refractivity contribution in [3.63, 3.8) is 0 Å². The van der Waals surface area contributed by atoms with Crippen LogP contribution in [0.1, 0.15) is 62.9 Å². The minimum atomic E-state index is -0.540. The summed E-state index contributed by atoms with van der Waals surface area (Å²) in [7, 11) is 0. The molecule has 7 nitrogen and oxygen atoms in total. The highest BCUT2D eigenvalue weighted by molar-refractivity contribution is 5.91. The number of carbonyl (C=O) groups excluding carboxylic acids is 3. The average Bonchev–Trinajstić information content (AvgIpc) is 2.68. The number of hydrogen-bond acceptors (Lipinski definition) is 4. The third kappa shape index (κ3) is 7.40. The van der Waals surface area contributed by atoms with Crippen molar-refractivity contribution in [1.82, 2.24) is 16.0 Å². The molecule has 1 saturated carbocycles. The zero-order valence-electron chi connectivity index (χ0n) is 17.8. The van der Waals surface area contributed by atoms with E-state index in [1.165, 1.54) is 6.42 Å². The Labute approximate surface area is 173 Å². The van der Waals surface area contributed by atoms with Crippen molar-refractivity contribution in [2.75, 3.05) is 6.61 Å². The molecule has 0 saturated heterocycles. The summed E-state index contributed by atoms with van der Waals surface area (Å²) in [4.78, 5) is 35.9. The summed E-state index contributed by atoms with van der Waals surface area (Å²) in [6, 6.07) is 6.72. The van der Waals surface area contributed by atoms with Crippen LogP contribution in [0.3, 0.4) is 0 Å². The molecule has 1 aromatic rings. The van der Waals surface area contributed by atoms with E-state index in [0.717, 1.165) is 18.4 Å². The van der Waals surface area contributed by atoms with Crippen LogP contribution in [-0.4, -0.2) is 36.6 Å². The molecule has 7 heteroatoms. The van der Waals surface area contributed by atoms with Gasteiger partial charge in [0.25, 0.3) is 5.91 Å². The molecule has 0 aromatic heterocycles. The van der Waals surface area contributed by atoms with Gasteiger partial charge in [0, 0.05) is 18.6 Å². The fraction of sp³-hybridized carbons (Fsp3) is 0.591. The van der Waals surface area contributed by atoms with Gasteiger partial charge in [0.1, 0.15) is 0 Å². The molecule has 3 amide bonds. The number of amides is 3. The van der Waals surface area contributed by atoms with Crippen molar-refractivity contribution < 1.29 is 19.1 Å². The zero-order chi connectivity index (χ0) is 21.4. The highest BCUT2D eigenvalue weighted by atomic mass is 16.5. The molecule has 3 N–H and O–H groups in total. The number of carbonyl (C=O) groups is 3. The minimum Gasteiger partial charge on any atom is -0.452 e. The van der Waals surface area contributed by atoms with Crippen LogP contribution in [-0.2, 0) is 16.1 Å². The van der Waals surface area contributed by atoms with Crippen molar-refractivity contribution in [3.05, 3.63) is 35.4 Å². The number of nitrogens with one attached hydrogen (secondary N) is 3. The van der Waals surface area contributed by atoms with E-state index in [4.69, 9.17) is 4.74 Å². The van der Waals surface area contributed by atoms with Crippen molar-refractivity contribution in [2.24, 2.45) is 11.8 Å². The summed E-state index contributed by atoms with van der Waals surface area (Å²) in [6.45, 7) is 8.21. The van der Waals surface area contributed by atoms with Gasteiger partial charge >= 0.3 is 12.0 Å². The number of hydrogen-bond donors (Lipinski definition) is 3. The van der Waals surface area contributed by atoms with Crippen LogP contribution >= 0.6 is 0 Å². The van der Waals surface area contributed by atoms with Crippen LogP contribution in [0.15, 0.2) is 24.3 Å². The van der Waals surface area contributed by atoms with Crippen LogP contribution < -0.4 is 16.0 Å². The Hall–Kier alpha value is -2.57. The standard InChI is InChI=1S/C22H33N3O4/c1-14(2)24-22(28)23-12-17-8-10-18(11-9-17)21(27)29-13-20(26)25-19-7-5-6-15(3)16(19)4/h8-11,14-16,19H,5-7,12-13H2,1-4H3,(H,25,26)(H2,23,24,28)/t15-,16-,19-/m1/s1. The van der Waals surface area contributed by atoms with Gasteiger partial charge < -0.3 is 20.7 Å². The molecule has 1 aromatic carbocycles. The van der Waals surface area contributed by atoms with Gasteiger partial charge in [-0.1, -0.05) is 38.8 Å². The maximum absolute atomic E-state index is 12.2. The predicted octanol–water partition coefficient (Wildman–Crippen LogP) is 2.99. The molecule has 1 aliphatic carbocycles. The summed E-state index contributed by atoms with van der Waals surface area (Å²) in [5.74, 6) is 0.205. The molecule has 2 rings (SSSR count). The Kier molecular flexibility index (Phi) is 8.49. The zero-order valence-corrected chi connectivity index (χ0v) is 17.8. The average molecular weight is 404 g/mol. The molecule has 1 aliphatic rings. The number of benzene rings is 1. The Morgan fingerprint density at radius 1 is 1.10 bits per heavy atom. The largest absolute Gasteiger partial charge is 0.452 e. The molecular weight excluding hydrogens is 370 g/mol. The molecule has 0 aliphatic heterocycles. The lowest BCUT2D eigenvalue weighted by Crippen LogP contribution is -2.45. The topological polar surface area (TPSA) is 96.5 Å². The van der Waals surface area contributed by atoms with Gasteiger partial charge in [0.2, 0.25) is 0 Å². The number of urea groups is 1. The summed E-state index contributed by atoms with van der Waals surface area (Å²) in [5, 5.41) is 8.48. The Balaban J connectivity index is 1.76. The molecule has 0 heterocycles. The van der Waals surface area contributed by atoms with Gasteiger partial charge in [0.15, 0.2) is 6.61 Å². The van der Waals surface area contributed by atoms with Crippen LogP contribution in [0, 0.1) is 11.8 Å². The second kappa shape index (κ2) is 10.8. The highest BCUT2D eigenvalue weighted by Gasteiger charge is 2.28. The van der Waals surface area contributed by atoms with Gasteiger partial charge in [-0.25, -0.2) is 9.59 Å². The van der Waals surface area contributed by atoms with E-state index in [0.29, 0.717) is 23.9 Å². The van der Waals surface area contributed by atoms with E-state index in [9.17, 15) is 14.4 Å². The molecule has 0 spiro atoms. The smallest absolute Gasteiger partial charge is 0.338 e. The Bertz CT molecular complexity index is 703. The Morgan fingerprint density at radius 2 is 1.79 bits per heavy atom. The van der Waals surface area contributed by atoms with Crippen LogP contribution in [0.25, 0.3) is 0 Å². The summed E-state index contributed by atoms with van der Waals surface area (Å²) < 4.78 is 5.14. The molecule has 0 radical (unpaired) electrons. The van der Waals surface area contributed by atoms with Gasteiger partial charge in [0.05, 0.1) is 5.56 Å². The maximum atomic E-state index is 12.2. The van der Waals surface area contributed by atoms with Crippen molar-refractivity contribution in [1.29, 1.82) is 0 Å². The maximum Gasteiger partial charge on any atom is 0.338 e. The quantitative estimate of drug-likeness (QED) is 0.610. The number of ether oxygens (including phenoxy) is 1. The second-order valence-corrected chi connectivity index (χ2v) is 8.20. The van der Waals surface area contributed by atoms with Crippen molar-refractivity contribution >= 4 is 17.9 Å².